The molecule has 2 rings (SSSR count). The van der Waals surface area contributed by atoms with Crippen molar-refractivity contribution in [2.24, 2.45) is 11.7 Å². The van der Waals surface area contributed by atoms with E-state index in [1.807, 2.05) is 18.2 Å². The molecule has 1 atom stereocenters. The molecule has 13 heavy (non-hydrogen) atoms. The minimum absolute atomic E-state index is 0.287. The standard InChI is InChI=1S/C10H11NOS/c11-10(12)9-8-4-2-1-3-7(8)5-6-13-9/h1-4,7H,5-6H2,(H2,11,12). The van der Waals surface area contributed by atoms with E-state index < -0.39 is 0 Å². The van der Waals surface area contributed by atoms with Crippen LogP contribution >= 0.6 is 11.8 Å². The van der Waals surface area contributed by atoms with Crippen LogP contribution in [0, 0.1) is 5.92 Å². The summed E-state index contributed by atoms with van der Waals surface area (Å²) in [5.41, 5.74) is 6.40. The molecule has 0 radical (unpaired) electrons. The van der Waals surface area contributed by atoms with Gasteiger partial charge < -0.3 is 5.73 Å². The van der Waals surface area contributed by atoms with Crippen LogP contribution in [0.25, 0.3) is 0 Å². The highest BCUT2D eigenvalue weighted by Gasteiger charge is 2.23. The van der Waals surface area contributed by atoms with Gasteiger partial charge in [-0.05, 0) is 17.7 Å². The van der Waals surface area contributed by atoms with E-state index in [1.54, 1.807) is 11.8 Å². The third-order valence-corrected chi connectivity index (χ3v) is 3.46. The summed E-state index contributed by atoms with van der Waals surface area (Å²) in [6.07, 6.45) is 9.23. The van der Waals surface area contributed by atoms with Crippen molar-refractivity contribution in [2.45, 2.75) is 6.42 Å². The third-order valence-electron chi connectivity index (χ3n) is 2.29. The topological polar surface area (TPSA) is 43.1 Å². The smallest absolute Gasteiger partial charge is 0.255 e. The Morgan fingerprint density at radius 1 is 1.54 bits per heavy atom. The Morgan fingerprint density at radius 3 is 3.15 bits per heavy atom. The summed E-state index contributed by atoms with van der Waals surface area (Å²) in [5, 5.41) is 0. The molecule has 0 saturated carbocycles. The van der Waals surface area contributed by atoms with Crippen LogP contribution in [0.3, 0.4) is 0 Å². The average molecular weight is 193 g/mol. The maximum absolute atomic E-state index is 11.1. The molecule has 1 aliphatic heterocycles. The molecule has 1 heterocycles. The van der Waals surface area contributed by atoms with Crippen molar-refractivity contribution in [2.75, 3.05) is 5.75 Å². The van der Waals surface area contributed by atoms with E-state index in [0.29, 0.717) is 5.92 Å². The number of primary amides is 1. The van der Waals surface area contributed by atoms with Gasteiger partial charge in [0.15, 0.2) is 0 Å². The molecule has 0 aromatic rings. The normalized spacial score (nSPS) is 26.0. The fourth-order valence-electron chi connectivity index (χ4n) is 1.67. The Labute approximate surface area is 81.6 Å². The van der Waals surface area contributed by atoms with Gasteiger partial charge in [0.2, 0.25) is 0 Å². The summed E-state index contributed by atoms with van der Waals surface area (Å²) >= 11 is 1.58. The number of allylic oxidation sites excluding steroid dienone is 5. The molecule has 1 aliphatic carbocycles. The molecule has 2 N–H and O–H groups in total. The predicted molar refractivity (Wildman–Crippen MR) is 55.1 cm³/mol. The van der Waals surface area contributed by atoms with Gasteiger partial charge in [-0.3, -0.25) is 4.79 Å². The molecule has 1 amide bonds. The minimum Gasteiger partial charge on any atom is -0.365 e. The van der Waals surface area contributed by atoms with E-state index >= 15 is 0 Å². The van der Waals surface area contributed by atoms with Crippen LogP contribution in [0.2, 0.25) is 0 Å². The zero-order valence-corrected chi connectivity index (χ0v) is 8.01. The number of fused-ring (bicyclic) bond motifs is 1. The number of thioether (sulfide) groups is 1. The molecule has 0 saturated heterocycles. The van der Waals surface area contributed by atoms with E-state index in [1.165, 1.54) is 0 Å². The van der Waals surface area contributed by atoms with E-state index in [4.69, 9.17) is 5.73 Å². The second-order valence-electron chi connectivity index (χ2n) is 3.14. The molecule has 0 aromatic heterocycles. The van der Waals surface area contributed by atoms with Crippen molar-refractivity contribution < 1.29 is 4.79 Å². The van der Waals surface area contributed by atoms with Crippen LogP contribution in [-0.2, 0) is 4.79 Å². The third kappa shape index (κ3) is 1.56. The van der Waals surface area contributed by atoms with Crippen molar-refractivity contribution in [1.29, 1.82) is 0 Å². The molecular formula is C10H11NOS. The van der Waals surface area contributed by atoms with Gasteiger partial charge >= 0.3 is 0 Å². The van der Waals surface area contributed by atoms with E-state index in [-0.39, 0.29) is 5.91 Å². The SMILES string of the molecule is NC(=O)C1=C2C=CC=CC2CCS1. The molecule has 1 unspecified atom stereocenters. The Kier molecular flexibility index (Phi) is 2.27. The van der Waals surface area contributed by atoms with Crippen molar-refractivity contribution in [3.8, 4) is 0 Å². The van der Waals surface area contributed by atoms with Crippen molar-refractivity contribution >= 4 is 17.7 Å². The summed E-state index contributed by atoms with van der Waals surface area (Å²) in [7, 11) is 0. The molecule has 0 bridgehead atoms. The first kappa shape index (κ1) is 8.63. The average Bonchev–Trinajstić information content (AvgIpc) is 2.17. The van der Waals surface area contributed by atoms with Gasteiger partial charge in [0.1, 0.15) is 0 Å². The van der Waals surface area contributed by atoms with Crippen LogP contribution in [0.1, 0.15) is 6.42 Å². The van der Waals surface area contributed by atoms with Crippen LogP contribution in [-0.4, -0.2) is 11.7 Å². The first-order valence-corrected chi connectivity index (χ1v) is 5.29. The maximum Gasteiger partial charge on any atom is 0.255 e. The highest BCUT2D eigenvalue weighted by Crippen LogP contribution is 2.36. The summed E-state index contributed by atoms with van der Waals surface area (Å²) in [6.45, 7) is 0. The molecule has 68 valence electrons. The lowest BCUT2D eigenvalue weighted by Crippen LogP contribution is -2.20. The van der Waals surface area contributed by atoms with E-state index in [9.17, 15) is 4.79 Å². The number of hydrogen-bond acceptors (Lipinski definition) is 2. The Bertz CT molecular complexity index is 328. The van der Waals surface area contributed by atoms with Crippen molar-refractivity contribution in [1.82, 2.24) is 0 Å². The highest BCUT2D eigenvalue weighted by atomic mass is 32.2. The van der Waals surface area contributed by atoms with Crippen molar-refractivity contribution in [3.63, 3.8) is 0 Å². The van der Waals surface area contributed by atoms with Crippen LogP contribution < -0.4 is 5.73 Å². The van der Waals surface area contributed by atoms with Gasteiger partial charge in [-0.1, -0.05) is 24.3 Å². The fraction of sp³-hybridized carbons (Fsp3) is 0.300. The second kappa shape index (κ2) is 3.42. The first-order valence-electron chi connectivity index (χ1n) is 4.30. The zero-order valence-electron chi connectivity index (χ0n) is 7.19. The largest absolute Gasteiger partial charge is 0.365 e. The summed E-state index contributed by atoms with van der Waals surface area (Å²) in [4.78, 5) is 11.8. The van der Waals surface area contributed by atoms with Gasteiger partial charge in [0, 0.05) is 5.92 Å². The molecule has 0 spiro atoms. The monoisotopic (exact) mass is 193 g/mol. The van der Waals surface area contributed by atoms with Gasteiger partial charge in [0.25, 0.3) is 5.91 Å². The van der Waals surface area contributed by atoms with Crippen LogP contribution in [0.4, 0.5) is 0 Å². The number of amides is 1. The van der Waals surface area contributed by atoms with Crippen molar-refractivity contribution in [3.05, 3.63) is 34.8 Å². The van der Waals surface area contributed by atoms with Gasteiger partial charge in [0.05, 0.1) is 4.91 Å². The predicted octanol–water partition coefficient (Wildman–Crippen LogP) is 1.60. The number of carbonyl (C=O) groups is 1. The summed E-state index contributed by atoms with van der Waals surface area (Å²) < 4.78 is 0. The molecule has 2 nitrogen and oxygen atoms in total. The maximum atomic E-state index is 11.1. The quantitative estimate of drug-likeness (QED) is 0.687. The van der Waals surface area contributed by atoms with Gasteiger partial charge in [-0.15, -0.1) is 11.8 Å². The van der Waals surface area contributed by atoms with Crippen LogP contribution in [0.15, 0.2) is 34.8 Å². The van der Waals surface area contributed by atoms with Gasteiger partial charge in [-0.2, -0.15) is 0 Å². The molecule has 2 aliphatic rings. The Balaban J connectivity index is 2.41. The lowest BCUT2D eigenvalue weighted by atomic mass is 9.91. The Hall–Kier alpha value is -0.960. The van der Waals surface area contributed by atoms with Crippen LogP contribution in [0.5, 0.6) is 0 Å². The number of carbonyl (C=O) groups excluding carboxylic acids is 1. The number of rotatable bonds is 1. The van der Waals surface area contributed by atoms with E-state index in [2.05, 4.69) is 6.08 Å². The molecule has 0 fully saturated rings. The number of nitrogens with two attached hydrogens (primary N) is 1. The first-order chi connectivity index (χ1) is 6.29. The highest BCUT2D eigenvalue weighted by molar-refractivity contribution is 8.04. The fourth-order valence-corrected chi connectivity index (χ4v) is 2.77. The summed E-state index contributed by atoms with van der Waals surface area (Å²) in [5.74, 6) is 1.11. The van der Waals surface area contributed by atoms with Gasteiger partial charge in [-0.25, -0.2) is 0 Å². The molecule has 3 heteroatoms. The lowest BCUT2D eigenvalue weighted by Gasteiger charge is -2.24. The number of hydrogen-bond donors (Lipinski definition) is 1. The molecule has 0 aromatic carbocycles. The molecular weight excluding hydrogens is 182 g/mol. The summed E-state index contributed by atoms with van der Waals surface area (Å²) in [6, 6.07) is 0. The Morgan fingerprint density at radius 2 is 2.38 bits per heavy atom. The van der Waals surface area contributed by atoms with E-state index in [0.717, 1.165) is 22.7 Å². The lowest BCUT2D eigenvalue weighted by molar-refractivity contribution is -0.113. The zero-order chi connectivity index (χ0) is 9.26. The minimum atomic E-state index is -0.287. The second-order valence-corrected chi connectivity index (χ2v) is 4.24.